The maximum atomic E-state index is 9.17. The average Bonchev–Trinajstić information content (AvgIpc) is 2.41. The zero-order chi connectivity index (χ0) is 12.5. The molecule has 0 saturated carbocycles. The highest BCUT2D eigenvalue weighted by Crippen LogP contribution is 2.16. The summed E-state index contributed by atoms with van der Waals surface area (Å²) in [6.07, 6.45) is 3.36. The third-order valence-corrected chi connectivity index (χ3v) is 2.46. The molecular formula is C13H20N2O2. The standard InChI is InChI=1S/C10H14N2O.C3H6O/c1-9-3-2-4-11-10(9)12-5-7-13-8-6-12;1-2-3-4/h2-4H,5-8H2,1H3;3H,2H2,1H3. The SMILES string of the molecule is CCC=O.Cc1cccnc1N1CCOCC1. The third kappa shape index (κ3) is 4.53. The average molecular weight is 236 g/mol. The van der Waals surface area contributed by atoms with Crippen molar-refractivity contribution in [2.24, 2.45) is 0 Å². The lowest BCUT2D eigenvalue weighted by atomic mass is 10.2. The van der Waals surface area contributed by atoms with Crippen LogP contribution in [0.4, 0.5) is 5.82 Å². The zero-order valence-corrected chi connectivity index (χ0v) is 10.6. The van der Waals surface area contributed by atoms with Crippen LogP contribution in [0.3, 0.4) is 0 Å². The number of rotatable bonds is 2. The van der Waals surface area contributed by atoms with Gasteiger partial charge < -0.3 is 14.4 Å². The molecule has 0 amide bonds. The molecule has 4 nitrogen and oxygen atoms in total. The predicted octanol–water partition coefficient (Wildman–Crippen LogP) is 1.82. The molecule has 17 heavy (non-hydrogen) atoms. The number of carbonyl (C=O) groups excluding carboxylic acids is 1. The second kappa shape index (κ2) is 7.79. The number of carbonyl (C=O) groups is 1. The Hall–Kier alpha value is -1.42. The monoisotopic (exact) mass is 236 g/mol. The topological polar surface area (TPSA) is 42.4 Å². The number of hydrogen-bond acceptors (Lipinski definition) is 4. The fourth-order valence-corrected chi connectivity index (χ4v) is 1.58. The van der Waals surface area contributed by atoms with Crippen LogP contribution in [0.1, 0.15) is 18.9 Å². The first-order chi connectivity index (χ1) is 8.29. The molecule has 1 saturated heterocycles. The van der Waals surface area contributed by atoms with E-state index in [2.05, 4.69) is 22.9 Å². The summed E-state index contributed by atoms with van der Waals surface area (Å²) < 4.78 is 5.29. The van der Waals surface area contributed by atoms with Gasteiger partial charge in [-0.2, -0.15) is 0 Å². The summed E-state index contributed by atoms with van der Waals surface area (Å²) in [7, 11) is 0. The molecule has 1 aromatic rings. The fourth-order valence-electron chi connectivity index (χ4n) is 1.58. The van der Waals surface area contributed by atoms with E-state index in [9.17, 15) is 4.79 Å². The van der Waals surface area contributed by atoms with Crippen LogP contribution in [0, 0.1) is 6.92 Å². The number of ether oxygens (including phenoxy) is 1. The summed E-state index contributed by atoms with van der Waals surface area (Å²) in [6, 6.07) is 4.07. The molecule has 0 bridgehead atoms. The number of anilines is 1. The smallest absolute Gasteiger partial charge is 0.131 e. The first-order valence-corrected chi connectivity index (χ1v) is 5.97. The number of aromatic nitrogens is 1. The predicted molar refractivity (Wildman–Crippen MR) is 68.4 cm³/mol. The number of morpholine rings is 1. The number of pyridine rings is 1. The first-order valence-electron chi connectivity index (χ1n) is 5.97. The Balaban J connectivity index is 0.000000317. The van der Waals surface area contributed by atoms with E-state index in [0.717, 1.165) is 38.4 Å². The first kappa shape index (κ1) is 13.6. The lowest BCUT2D eigenvalue weighted by Crippen LogP contribution is -2.37. The molecule has 4 heteroatoms. The van der Waals surface area contributed by atoms with Crippen LogP contribution in [-0.4, -0.2) is 37.6 Å². The third-order valence-electron chi connectivity index (χ3n) is 2.46. The Morgan fingerprint density at radius 1 is 1.47 bits per heavy atom. The quantitative estimate of drug-likeness (QED) is 0.735. The molecule has 0 spiro atoms. The molecule has 0 radical (unpaired) electrons. The van der Waals surface area contributed by atoms with E-state index in [0.29, 0.717) is 6.42 Å². The summed E-state index contributed by atoms with van der Waals surface area (Å²) in [5, 5.41) is 0. The van der Waals surface area contributed by atoms with Gasteiger partial charge in [-0.25, -0.2) is 4.98 Å². The molecule has 1 aliphatic rings. The van der Waals surface area contributed by atoms with Gasteiger partial charge in [-0.1, -0.05) is 13.0 Å². The van der Waals surface area contributed by atoms with Crippen molar-refractivity contribution in [1.29, 1.82) is 0 Å². The van der Waals surface area contributed by atoms with Crippen LogP contribution in [-0.2, 0) is 9.53 Å². The highest BCUT2D eigenvalue weighted by atomic mass is 16.5. The van der Waals surface area contributed by atoms with Crippen LogP contribution >= 0.6 is 0 Å². The van der Waals surface area contributed by atoms with Crippen molar-refractivity contribution in [3.8, 4) is 0 Å². The zero-order valence-electron chi connectivity index (χ0n) is 10.6. The second-order valence-corrected chi connectivity index (χ2v) is 3.82. The van der Waals surface area contributed by atoms with E-state index in [1.807, 2.05) is 19.2 Å². The van der Waals surface area contributed by atoms with Crippen molar-refractivity contribution in [1.82, 2.24) is 4.98 Å². The lowest BCUT2D eigenvalue weighted by molar-refractivity contribution is -0.107. The summed E-state index contributed by atoms with van der Waals surface area (Å²) in [4.78, 5) is 15.8. The van der Waals surface area contributed by atoms with Gasteiger partial charge in [0.25, 0.3) is 0 Å². The lowest BCUT2D eigenvalue weighted by Gasteiger charge is -2.28. The van der Waals surface area contributed by atoms with Gasteiger partial charge in [-0.05, 0) is 18.6 Å². The van der Waals surface area contributed by atoms with Gasteiger partial charge in [0.05, 0.1) is 13.2 Å². The van der Waals surface area contributed by atoms with Gasteiger partial charge in [0.15, 0.2) is 0 Å². The summed E-state index contributed by atoms with van der Waals surface area (Å²) in [6.45, 7) is 7.45. The van der Waals surface area contributed by atoms with Gasteiger partial charge >= 0.3 is 0 Å². The summed E-state index contributed by atoms with van der Waals surface area (Å²) in [5.74, 6) is 1.10. The van der Waals surface area contributed by atoms with Crippen LogP contribution in [0.15, 0.2) is 18.3 Å². The molecule has 2 heterocycles. The Morgan fingerprint density at radius 3 is 2.65 bits per heavy atom. The molecular weight excluding hydrogens is 216 g/mol. The fraction of sp³-hybridized carbons (Fsp3) is 0.538. The number of aryl methyl sites for hydroxylation is 1. The van der Waals surface area contributed by atoms with Gasteiger partial charge in [0.1, 0.15) is 12.1 Å². The molecule has 0 unspecified atom stereocenters. The minimum atomic E-state index is 0.639. The normalized spacial score (nSPS) is 14.8. The summed E-state index contributed by atoms with van der Waals surface area (Å²) >= 11 is 0. The van der Waals surface area contributed by atoms with E-state index in [4.69, 9.17) is 4.74 Å². The van der Waals surface area contributed by atoms with Crippen molar-refractivity contribution < 1.29 is 9.53 Å². The van der Waals surface area contributed by atoms with E-state index < -0.39 is 0 Å². The molecule has 0 N–H and O–H groups in total. The van der Waals surface area contributed by atoms with Gasteiger partial charge in [0.2, 0.25) is 0 Å². The molecule has 94 valence electrons. The number of nitrogens with zero attached hydrogens (tertiary/aromatic N) is 2. The second-order valence-electron chi connectivity index (χ2n) is 3.82. The molecule has 1 aliphatic heterocycles. The molecule has 0 atom stereocenters. The molecule has 0 aliphatic carbocycles. The highest BCUT2D eigenvalue weighted by molar-refractivity contribution is 5.48. The van der Waals surface area contributed by atoms with Gasteiger partial charge in [-0.3, -0.25) is 0 Å². The highest BCUT2D eigenvalue weighted by Gasteiger charge is 2.13. The van der Waals surface area contributed by atoms with E-state index in [1.165, 1.54) is 5.56 Å². The molecule has 2 rings (SSSR count). The van der Waals surface area contributed by atoms with Crippen molar-refractivity contribution in [2.45, 2.75) is 20.3 Å². The number of aldehydes is 1. The Kier molecular flexibility index (Phi) is 6.25. The molecule has 1 fully saturated rings. The Labute approximate surface area is 103 Å². The Morgan fingerprint density at radius 2 is 2.12 bits per heavy atom. The number of hydrogen-bond donors (Lipinski definition) is 0. The van der Waals surface area contributed by atoms with Crippen molar-refractivity contribution >= 4 is 12.1 Å². The van der Waals surface area contributed by atoms with E-state index in [-0.39, 0.29) is 0 Å². The van der Waals surface area contributed by atoms with Gasteiger partial charge in [0, 0.05) is 25.7 Å². The minimum absolute atomic E-state index is 0.639. The van der Waals surface area contributed by atoms with Crippen molar-refractivity contribution in [3.63, 3.8) is 0 Å². The van der Waals surface area contributed by atoms with E-state index in [1.54, 1.807) is 0 Å². The maximum absolute atomic E-state index is 9.17. The molecule has 1 aromatic heterocycles. The van der Waals surface area contributed by atoms with Crippen LogP contribution in [0.25, 0.3) is 0 Å². The van der Waals surface area contributed by atoms with Crippen LogP contribution in [0.2, 0.25) is 0 Å². The maximum Gasteiger partial charge on any atom is 0.131 e. The van der Waals surface area contributed by atoms with Gasteiger partial charge in [-0.15, -0.1) is 0 Å². The van der Waals surface area contributed by atoms with Crippen LogP contribution < -0.4 is 4.90 Å². The molecule has 0 aromatic carbocycles. The summed E-state index contributed by atoms with van der Waals surface area (Å²) in [5.41, 5.74) is 1.24. The van der Waals surface area contributed by atoms with Crippen molar-refractivity contribution in [2.75, 3.05) is 31.2 Å². The van der Waals surface area contributed by atoms with E-state index >= 15 is 0 Å². The minimum Gasteiger partial charge on any atom is -0.378 e. The Bertz CT molecular complexity index is 336. The van der Waals surface area contributed by atoms with Crippen molar-refractivity contribution in [3.05, 3.63) is 23.9 Å². The largest absolute Gasteiger partial charge is 0.378 e. The van der Waals surface area contributed by atoms with Crippen LogP contribution in [0.5, 0.6) is 0 Å².